The van der Waals surface area contributed by atoms with Gasteiger partial charge in [0.25, 0.3) is 17.4 Å². The normalized spacial score (nSPS) is 13.7. The third-order valence-electron chi connectivity index (χ3n) is 8.94. The number of carbonyl (C=O) groups excluding carboxylic acids is 2. The highest BCUT2D eigenvalue weighted by Crippen LogP contribution is 2.27. The van der Waals surface area contributed by atoms with Crippen molar-refractivity contribution in [2.24, 2.45) is 4.99 Å². The monoisotopic (exact) mass is 666 g/mol. The first-order chi connectivity index (χ1) is 23.8. The van der Waals surface area contributed by atoms with E-state index in [1.165, 1.54) is 33.7 Å². The van der Waals surface area contributed by atoms with E-state index in [2.05, 4.69) is 4.98 Å². The first kappa shape index (κ1) is 33.7. The molecule has 0 saturated heterocycles. The van der Waals surface area contributed by atoms with E-state index in [9.17, 15) is 23.6 Å². The lowest BCUT2D eigenvalue weighted by Crippen LogP contribution is -2.41. The van der Waals surface area contributed by atoms with Gasteiger partial charge in [0.2, 0.25) is 0 Å². The molecule has 2 amide bonds. The molecular formula is C37H39FN6O5. The molecule has 4 heterocycles. The highest BCUT2D eigenvalue weighted by atomic mass is 19.1. The molecule has 0 saturated carbocycles. The van der Waals surface area contributed by atoms with Crippen molar-refractivity contribution in [3.8, 4) is 0 Å². The predicted molar refractivity (Wildman–Crippen MR) is 185 cm³/mol. The fourth-order valence-electron chi connectivity index (χ4n) is 6.41. The minimum absolute atomic E-state index is 0.0230. The number of hydrogen-bond donors (Lipinski definition) is 0. The third-order valence-corrected chi connectivity index (χ3v) is 8.94. The van der Waals surface area contributed by atoms with Gasteiger partial charge in [0.05, 0.1) is 11.3 Å². The van der Waals surface area contributed by atoms with Crippen LogP contribution in [0.1, 0.15) is 63.6 Å². The minimum atomic E-state index is -0.445. The number of benzene rings is 2. The molecule has 254 valence electrons. The fourth-order valence-corrected chi connectivity index (χ4v) is 6.41. The fraction of sp³-hybridized carbons (Fsp3) is 0.351. The van der Waals surface area contributed by atoms with Gasteiger partial charge in [-0.3, -0.25) is 28.4 Å². The van der Waals surface area contributed by atoms with Crippen molar-refractivity contribution in [2.75, 3.05) is 38.3 Å². The Morgan fingerprint density at radius 2 is 1.76 bits per heavy atom. The topological polar surface area (TPSA) is 119 Å². The van der Waals surface area contributed by atoms with Crippen LogP contribution in [0.5, 0.6) is 0 Å². The number of pyridine rings is 1. The summed E-state index contributed by atoms with van der Waals surface area (Å²) in [6.07, 6.45) is 4.35. The molecule has 6 rings (SSSR count). The van der Waals surface area contributed by atoms with Crippen LogP contribution in [0.4, 0.5) is 16.0 Å². The number of methoxy groups -OCH3 is 1. The standard InChI is InChI=1S/C37H39FN6O5/c1-3-17-43-33-30(36(47)44(37(43)48)20-7-22-49-2)23-31(40-33)27-12-15-32(39-24-27)42(34(45)26-10-13-28(38)14-11-26)19-6-18-41-21-16-25-8-4-5-9-29(25)35(41)46/h4-5,8-15,24H,3,6-7,16-23H2,1-2H3. The van der Waals surface area contributed by atoms with Gasteiger partial charge in [-0.2, -0.15) is 0 Å². The van der Waals surface area contributed by atoms with E-state index in [-0.39, 0.29) is 42.6 Å². The highest BCUT2D eigenvalue weighted by molar-refractivity contribution is 6.07. The van der Waals surface area contributed by atoms with Gasteiger partial charge >= 0.3 is 5.69 Å². The Morgan fingerprint density at radius 1 is 0.959 bits per heavy atom. The van der Waals surface area contributed by atoms with Crippen LogP contribution in [-0.2, 0) is 30.7 Å². The molecule has 2 aliphatic heterocycles. The van der Waals surface area contributed by atoms with E-state index in [1.807, 2.05) is 31.2 Å². The number of amides is 2. The van der Waals surface area contributed by atoms with Crippen LogP contribution >= 0.6 is 0 Å². The molecule has 0 spiro atoms. The van der Waals surface area contributed by atoms with Crippen molar-refractivity contribution in [2.45, 2.75) is 52.1 Å². The molecule has 0 bridgehead atoms. The average molecular weight is 667 g/mol. The Morgan fingerprint density at radius 3 is 2.49 bits per heavy atom. The van der Waals surface area contributed by atoms with Crippen LogP contribution in [-0.4, -0.2) is 69.9 Å². The van der Waals surface area contributed by atoms with Gasteiger partial charge in [0.15, 0.2) is 0 Å². The van der Waals surface area contributed by atoms with Crippen LogP contribution < -0.4 is 16.1 Å². The smallest absolute Gasteiger partial charge is 0.332 e. The molecule has 0 fully saturated rings. The number of anilines is 1. The van der Waals surface area contributed by atoms with Crippen LogP contribution in [0, 0.1) is 5.82 Å². The number of aromatic nitrogens is 3. The van der Waals surface area contributed by atoms with E-state index in [4.69, 9.17) is 9.73 Å². The molecule has 0 atom stereocenters. The molecule has 4 aromatic rings. The molecule has 12 heteroatoms. The summed E-state index contributed by atoms with van der Waals surface area (Å²) in [4.78, 5) is 66.2. The summed E-state index contributed by atoms with van der Waals surface area (Å²) >= 11 is 0. The van der Waals surface area contributed by atoms with Gasteiger partial charge in [-0.15, -0.1) is 0 Å². The summed E-state index contributed by atoms with van der Waals surface area (Å²) in [6, 6.07) is 16.5. The van der Waals surface area contributed by atoms with Gasteiger partial charge in [-0.05, 0) is 73.7 Å². The largest absolute Gasteiger partial charge is 0.385 e. The zero-order valence-electron chi connectivity index (χ0n) is 27.7. The number of halogens is 1. The van der Waals surface area contributed by atoms with Crippen LogP contribution in [0.2, 0.25) is 0 Å². The molecule has 0 N–H and O–H groups in total. The molecule has 11 nitrogen and oxygen atoms in total. The Bertz CT molecular complexity index is 2000. The second-order valence-electron chi connectivity index (χ2n) is 12.2. The van der Waals surface area contributed by atoms with Crippen molar-refractivity contribution in [1.29, 1.82) is 0 Å². The maximum atomic E-state index is 13.7. The number of hydrogen-bond acceptors (Lipinski definition) is 7. The van der Waals surface area contributed by atoms with Gasteiger partial charge in [0.1, 0.15) is 17.5 Å². The van der Waals surface area contributed by atoms with Crippen LogP contribution in [0.15, 0.2) is 81.4 Å². The van der Waals surface area contributed by atoms with Gasteiger partial charge in [-0.25, -0.2) is 19.2 Å². The molecule has 2 aromatic carbocycles. The highest BCUT2D eigenvalue weighted by Gasteiger charge is 2.28. The Labute approximate surface area is 283 Å². The second kappa shape index (κ2) is 14.9. The van der Waals surface area contributed by atoms with Crippen LogP contribution in [0.3, 0.4) is 0 Å². The van der Waals surface area contributed by atoms with Crippen molar-refractivity contribution < 1.29 is 18.7 Å². The summed E-state index contributed by atoms with van der Waals surface area (Å²) < 4.78 is 21.6. The van der Waals surface area contributed by atoms with Crippen molar-refractivity contribution in [1.82, 2.24) is 19.0 Å². The Hall–Kier alpha value is -5.23. The zero-order chi connectivity index (χ0) is 34.5. The number of carbonyl (C=O) groups is 2. The van der Waals surface area contributed by atoms with Gasteiger partial charge < -0.3 is 9.64 Å². The summed E-state index contributed by atoms with van der Waals surface area (Å²) in [6.45, 7) is 4.40. The summed E-state index contributed by atoms with van der Waals surface area (Å²) in [7, 11) is 1.58. The third kappa shape index (κ3) is 7.00. The average Bonchev–Trinajstić information content (AvgIpc) is 3.57. The molecule has 2 aliphatic rings. The van der Waals surface area contributed by atoms with E-state index in [0.29, 0.717) is 85.1 Å². The summed E-state index contributed by atoms with van der Waals surface area (Å²) in [5.41, 5.74) is 3.05. The van der Waals surface area contributed by atoms with E-state index < -0.39 is 5.82 Å². The Balaban J connectivity index is 1.23. The number of ether oxygens (including phenoxy) is 1. The van der Waals surface area contributed by atoms with E-state index in [1.54, 1.807) is 34.9 Å². The molecule has 49 heavy (non-hydrogen) atoms. The first-order valence-corrected chi connectivity index (χ1v) is 16.6. The molecule has 0 unspecified atom stereocenters. The first-order valence-electron chi connectivity index (χ1n) is 16.6. The maximum absolute atomic E-state index is 13.7. The Kier molecular flexibility index (Phi) is 10.2. The van der Waals surface area contributed by atoms with Crippen molar-refractivity contribution >= 4 is 29.2 Å². The predicted octanol–water partition coefficient (Wildman–Crippen LogP) is 4.40. The molecule has 2 aromatic heterocycles. The number of nitrogens with zero attached hydrogens (tertiary/aromatic N) is 6. The molecule has 0 aliphatic carbocycles. The van der Waals surface area contributed by atoms with Gasteiger partial charge in [0, 0.05) is 75.7 Å². The van der Waals surface area contributed by atoms with E-state index >= 15 is 0 Å². The zero-order valence-corrected chi connectivity index (χ0v) is 27.7. The van der Waals surface area contributed by atoms with Crippen molar-refractivity contribution in [3.63, 3.8) is 0 Å². The summed E-state index contributed by atoms with van der Waals surface area (Å²) in [5.74, 6) is -0.0577. The van der Waals surface area contributed by atoms with E-state index in [0.717, 1.165) is 12.0 Å². The van der Waals surface area contributed by atoms with Gasteiger partial charge in [-0.1, -0.05) is 25.1 Å². The quantitative estimate of drug-likeness (QED) is 0.195. The number of rotatable bonds is 13. The van der Waals surface area contributed by atoms with Crippen LogP contribution in [0.25, 0.3) is 0 Å². The maximum Gasteiger partial charge on any atom is 0.332 e. The lowest BCUT2D eigenvalue weighted by Gasteiger charge is -2.29. The lowest BCUT2D eigenvalue weighted by atomic mass is 9.99. The number of aliphatic imine (C=N–C) groups is 1. The molecule has 0 radical (unpaired) electrons. The molecular weight excluding hydrogens is 627 g/mol. The lowest BCUT2D eigenvalue weighted by molar-refractivity contribution is 0.0738. The SMILES string of the molecule is CCCn1c2c(c(=O)n(CCCOC)c1=O)CC(c1ccc(N(CCCN3CCc4ccccc4C3=O)C(=O)c3ccc(F)cc3)nc1)=N2. The van der Waals surface area contributed by atoms with Crippen molar-refractivity contribution in [3.05, 3.63) is 121 Å². The minimum Gasteiger partial charge on any atom is -0.385 e. The second-order valence-corrected chi connectivity index (χ2v) is 12.2. The number of fused-ring (bicyclic) bond motifs is 2. The summed E-state index contributed by atoms with van der Waals surface area (Å²) in [5, 5.41) is 0.